The predicted molar refractivity (Wildman–Crippen MR) is 130 cm³/mol. The zero-order valence-corrected chi connectivity index (χ0v) is 19.7. The number of rotatable bonds is 7. The van der Waals surface area contributed by atoms with Crippen LogP contribution in [0.25, 0.3) is 16.5 Å². The fraction of sp³-hybridized carbons (Fsp3) is 0.154. The van der Waals surface area contributed by atoms with E-state index in [2.05, 4.69) is 5.32 Å². The van der Waals surface area contributed by atoms with Crippen molar-refractivity contribution in [3.8, 4) is 11.4 Å². The quantitative estimate of drug-likeness (QED) is 0.395. The van der Waals surface area contributed by atoms with Crippen molar-refractivity contribution in [3.05, 3.63) is 104 Å². The van der Waals surface area contributed by atoms with Crippen LogP contribution in [0.3, 0.4) is 0 Å². The molecule has 1 amide bonds. The van der Waals surface area contributed by atoms with E-state index in [4.69, 9.17) is 4.74 Å². The highest BCUT2D eigenvalue weighted by Gasteiger charge is 2.26. The highest BCUT2D eigenvalue weighted by Crippen LogP contribution is 2.26. The molecule has 190 valence electrons. The number of amides is 1. The summed E-state index contributed by atoms with van der Waals surface area (Å²) in [6.07, 6.45) is 1.11. The molecule has 0 bridgehead atoms. The number of halogens is 2. The number of aromatic nitrogens is 2. The molecule has 4 aromatic rings. The lowest BCUT2D eigenvalue weighted by Gasteiger charge is -2.18. The van der Waals surface area contributed by atoms with E-state index in [1.807, 2.05) is 0 Å². The molecule has 0 unspecified atom stereocenters. The first-order chi connectivity index (χ1) is 17.6. The van der Waals surface area contributed by atoms with Crippen LogP contribution in [0.15, 0.2) is 70.4 Å². The maximum Gasteiger partial charge on any atom is 0.335 e. The smallest absolute Gasteiger partial charge is 0.335 e. The maximum atomic E-state index is 14.4. The molecule has 0 saturated carbocycles. The van der Waals surface area contributed by atoms with E-state index in [0.717, 1.165) is 16.7 Å². The van der Waals surface area contributed by atoms with Gasteiger partial charge in [0.15, 0.2) is 0 Å². The summed E-state index contributed by atoms with van der Waals surface area (Å²) in [5, 5.41) is 12.9. The Hall–Kier alpha value is -4.80. The largest absolute Gasteiger partial charge is 0.497 e. The molecule has 0 radical (unpaired) electrons. The third-order valence-electron chi connectivity index (χ3n) is 5.89. The van der Waals surface area contributed by atoms with Gasteiger partial charge in [-0.3, -0.25) is 9.59 Å². The standard InChI is InChI=1S/C26H21F2N3O6/c1-30-10-9-22(32)31(26(30)36)21-8-4-6-16-14(5-3-7-17(16)21)11-20(25(34)35)29-24(33)23-18(27)12-15(37-2)13-19(23)28/h3-10,12-13,20H,11H2,1-2H3,(H,29,33)(H,34,35)/t20-/m0/s1. The summed E-state index contributed by atoms with van der Waals surface area (Å²) in [7, 11) is 2.71. The summed E-state index contributed by atoms with van der Waals surface area (Å²) in [5.74, 6) is -5.22. The zero-order chi connectivity index (χ0) is 26.9. The second-order valence-electron chi connectivity index (χ2n) is 8.21. The van der Waals surface area contributed by atoms with E-state index in [-0.39, 0.29) is 12.2 Å². The second-order valence-corrected chi connectivity index (χ2v) is 8.21. The molecule has 11 heteroatoms. The van der Waals surface area contributed by atoms with Crippen molar-refractivity contribution in [1.29, 1.82) is 0 Å². The molecule has 0 fully saturated rings. The minimum absolute atomic E-state index is 0.139. The van der Waals surface area contributed by atoms with E-state index in [1.165, 1.54) is 31.0 Å². The van der Waals surface area contributed by atoms with Crippen LogP contribution in [0.1, 0.15) is 15.9 Å². The van der Waals surface area contributed by atoms with Crippen molar-refractivity contribution in [3.63, 3.8) is 0 Å². The normalized spacial score (nSPS) is 11.8. The van der Waals surface area contributed by atoms with Gasteiger partial charge < -0.3 is 19.7 Å². The number of aliphatic carboxylic acids is 1. The monoisotopic (exact) mass is 509 g/mol. The molecule has 1 aromatic heterocycles. The Bertz CT molecular complexity index is 1640. The Morgan fingerprint density at radius 3 is 2.32 bits per heavy atom. The van der Waals surface area contributed by atoms with Gasteiger partial charge in [0, 0.05) is 43.3 Å². The number of carbonyl (C=O) groups excluding carboxylic acids is 1. The SMILES string of the molecule is COc1cc(F)c(C(=O)N[C@@H](Cc2cccc3c(-n4c(=O)ccn(C)c4=O)cccc23)C(=O)O)c(F)c1. The maximum absolute atomic E-state index is 14.4. The van der Waals surface area contributed by atoms with Crippen LogP contribution in [0.2, 0.25) is 0 Å². The van der Waals surface area contributed by atoms with E-state index in [0.29, 0.717) is 22.0 Å². The van der Waals surface area contributed by atoms with Crippen LogP contribution < -0.4 is 21.3 Å². The minimum atomic E-state index is -1.55. The van der Waals surface area contributed by atoms with Gasteiger partial charge in [0.25, 0.3) is 11.5 Å². The number of carboxylic acids is 1. The fourth-order valence-electron chi connectivity index (χ4n) is 4.05. The minimum Gasteiger partial charge on any atom is -0.497 e. The van der Waals surface area contributed by atoms with Crippen molar-refractivity contribution >= 4 is 22.6 Å². The first kappa shape index (κ1) is 25.3. The number of carboxylic acid groups (broad SMARTS) is 1. The van der Waals surface area contributed by atoms with Gasteiger partial charge >= 0.3 is 11.7 Å². The van der Waals surface area contributed by atoms with E-state index in [1.54, 1.807) is 36.4 Å². The third kappa shape index (κ3) is 4.83. The molecule has 1 heterocycles. The summed E-state index contributed by atoms with van der Waals surface area (Å²) in [5.41, 5.74) is -1.29. The zero-order valence-electron chi connectivity index (χ0n) is 19.7. The average molecular weight is 509 g/mol. The number of nitrogens with zero attached hydrogens (tertiary/aromatic N) is 2. The number of ether oxygens (including phenoxy) is 1. The topological polar surface area (TPSA) is 120 Å². The fourth-order valence-corrected chi connectivity index (χ4v) is 4.05. The van der Waals surface area contributed by atoms with Crippen LogP contribution in [-0.4, -0.2) is 39.3 Å². The molecule has 0 spiro atoms. The molecule has 0 aliphatic heterocycles. The van der Waals surface area contributed by atoms with Gasteiger partial charge in [0.05, 0.1) is 12.8 Å². The van der Waals surface area contributed by atoms with Gasteiger partial charge in [0.1, 0.15) is 29.0 Å². The first-order valence-electron chi connectivity index (χ1n) is 11.0. The molecule has 1 atom stereocenters. The van der Waals surface area contributed by atoms with Gasteiger partial charge in [0.2, 0.25) is 0 Å². The van der Waals surface area contributed by atoms with Crippen molar-refractivity contribution in [2.75, 3.05) is 7.11 Å². The van der Waals surface area contributed by atoms with Crippen molar-refractivity contribution in [2.45, 2.75) is 12.5 Å². The lowest BCUT2D eigenvalue weighted by Crippen LogP contribution is -2.43. The second kappa shape index (κ2) is 10.1. The number of nitrogens with one attached hydrogen (secondary N) is 1. The Morgan fingerprint density at radius 1 is 1.03 bits per heavy atom. The number of methoxy groups -OCH3 is 1. The van der Waals surface area contributed by atoms with Crippen LogP contribution in [-0.2, 0) is 18.3 Å². The number of hydrogen-bond donors (Lipinski definition) is 2. The Kier molecular flexibility index (Phi) is 6.87. The van der Waals surface area contributed by atoms with E-state index in [9.17, 15) is 33.1 Å². The lowest BCUT2D eigenvalue weighted by molar-refractivity contribution is -0.139. The van der Waals surface area contributed by atoms with Gasteiger partial charge in [-0.2, -0.15) is 0 Å². The van der Waals surface area contributed by atoms with Crippen molar-refractivity contribution < 1.29 is 28.2 Å². The summed E-state index contributed by atoms with van der Waals surface area (Å²) in [4.78, 5) is 49.8. The first-order valence-corrected chi connectivity index (χ1v) is 11.0. The van der Waals surface area contributed by atoms with Gasteiger partial charge in [-0.15, -0.1) is 0 Å². The number of benzene rings is 3. The van der Waals surface area contributed by atoms with E-state index < -0.39 is 46.4 Å². The van der Waals surface area contributed by atoms with Crippen LogP contribution in [0.4, 0.5) is 8.78 Å². The van der Waals surface area contributed by atoms with Crippen molar-refractivity contribution in [1.82, 2.24) is 14.5 Å². The summed E-state index contributed by atoms with van der Waals surface area (Å²) in [6.45, 7) is 0. The Morgan fingerprint density at radius 2 is 1.68 bits per heavy atom. The number of aryl methyl sites for hydroxylation is 1. The molecule has 3 aromatic carbocycles. The van der Waals surface area contributed by atoms with Crippen LogP contribution in [0, 0.1) is 11.6 Å². The average Bonchev–Trinajstić information content (AvgIpc) is 2.86. The Labute approximate surface area is 208 Å². The predicted octanol–water partition coefficient (Wildman–Crippen LogP) is 2.40. The number of fused-ring (bicyclic) bond motifs is 1. The molecule has 9 nitrogen and oxygen atoms in total. The third-order valence-corrected chi connectivity index (χ3v) is 5.89. The summed E-state index contributed by atoms with van der Waals surface area (Å²) in [6, 6.07) is 11.1. The molecular formula is C26H21F2N3O6. The van der Waals surface area contributed by atoms with Gasteiger partial charge in [-0.05, 0) is 17.0 Å². The molecule has 0 saturated heterocycles. The highest BCUT2D eigenvalue weighted by molar-refractivity contribution is 5.98. The van der Waals surface area contributed by atoms with Crippen LogP contribution >= 0.6 is 0 Å². The summed E-state index contributed by atoms with van der Waals surface area (Å²) >= 11 is 0. The lowest BCUT2D eigenvalue weighted by atomic mass is 9.97. The molecule has 2 N–H and O–H groups in total. The van der Waals surface area contributed by atoms with Crippen molar-refractivity contribution in [2.24, 2.45) is 7.05 Å². The Balaban J connectivity index is 1.73. The number of hydrogen-bond acceptors (Lipinski definition) is 5. The van der Waals surface area contributed by atoms with Gasteiger partial charge in [-0.1, -0.05) is 30.3 Å². The molecule has 0 aliphatic rings. The number of carbonyl (C=O) groups is 2. The molecular weight excluding hydrogens is 488 g/mol. The van der Waals surface area contributed by atoms with Gasteiger partial charge in [-0.25, -0.2) is 22.9 Å². The highest BCUT2D eigenvalue weighted by atomic mass is 19.1. The molecule has 37 heavy (non-hydrogen) atoms. The molecule has 0 aliphatic carbocycles. The van der Waals surface area contributed by atoms with Crippen LogP contribution in [0.5, 0.6) is 5.75 Å². The molecule has 4 rings (SSSR count). The van der Waals surface area contributed by atoms with E-state index >= 15 is 0 Å². The summed E-state index contributed by atoms with van der Waals surface area (Å²) < 4.78 is 35.7.